The Balaban J connectivity index is 2.72. The molecule has 0 aliphatic heterocycles. The lowest BCUT2D eigenvalue weighted by Gasteiger charge is -2.12. The Morgan fingerprint density at radius 2 is 1.68 bits per heavy atom. The van der Waals surface area contributed by atoms with Gasteiger partial charge in [-0.1, -0.05) is 13.8 Å². The number of benzene rings is 1. The highest BCUT2D eigenvalue weighted by Crippen LogP contribution is 2.11. The fraction of sp³-hybridized carbons (Fsp3) is 0.533. The van der Waals surface area contributed by atoms with Crippen LogP contribution in [0.2, 0.25) is 0 Å². The molecule has 1 atom stereocenters. The predicted octanol–water partition coefficient (Wildman–Crippen LogP) is 0.959. The lowest BCUT2D eigenvalue weighted by Crippen LogP contribution is -2.37. The van der Waals surface area contributed by atoms with Crippen molar-refractivity contribution in [3.05, 3.63) is 29.8 Å². The van der Waals surface area contributed by atoms with E-state index in [0.717, 1.165) is 0 Å². The number of sulfonamides is 1. The Morgan fingerprint density at radius 3 is 2.18 bits per heavy atom. The molecule has 1 unspecified atom stereocenters. The number of carbonyl (C=O) groups is 1. The number of hydrogen-bond donors (Lipinski definition) is 3. The van der Waals surface area contributed by atoms with E-state index < -0.39 is 10.0 Å². The fourth-order valence-electron chi connectivity index (χ4n) is 1.60. The lowest BCUT2D eigenvalue weighted by atomic mass is 10.2. The van der Waals surface area contributed by atoms with Crippen LogP contribution in [0.3, 0.4) is 0 Å². The Kier molecular flexibility index (Phi) is 6.99. The summed E-state index contributed by atoms with van der Waals surface area (Å²) in [6.45, 7) is 6.71. The lowest BCUT2D eigenvalue weighted by molar-refractivity contribution is 0.0950. The molecule has 0 aromatic heterocycles. The van der Waals surface area contributed by atoms with Gasteiger partial charge in [-0.3, -0.25) is 4.79 Å². The molecular weight excluding hydrogens is 302 g/mol. The summed E-state index contributed by atoms with van der Waals surface area (Å²) in [5, 5.41) is 5.80. The van der Waals surface area contributed by atoms with Crippen molar-refractivity contribution in [3.8, 4) is 0 Å². The van der Waals surface area contributed by atoms with Crippen LogP contribution >= 0.6 is 0 Å². The highest BCUT2D eigenvalue weighted by atomic mass is 32.2. The van der Waals surface area contributed by atoms with Crippen molar-refractivity contribution in [1.29, 1.82) is 0 Å². The first-order valence-electron chi connectivity index (χ1n) is 7.31. The summed E-state index contributed by atoms with van der Waals surface area (Å²) in [5.74, 6) is 0.00942. The van der Waals surface area contributed by atoms with E-state index in [2.05, 4.69) is 15.4 Å². The van der Waals surface area contributed by atoms with Gasteiger partial charge in [0.1, 0.15) is 0 Å². The third kappa shape index (κ3) is 5.75. The second-order valence-corrected chi connectivity index (χ2v) is 7.44. The summed E-state index contributed by atoms with van der Waals surface area (Å²) >= 11 is 0. The Labute approximate surface area is 132 Å². The first-order valence-corrected chi connectivity index (χ1v) is 8.79. The van der Waals surface area contributed by atoms with E-state index in [0.29, 0.717) is 18.7 Å². The van der Waals surface area contributed by atoms with Crippen molar-refractivity contribution < 1.29 is 13.2 Å². The molecule has 1 aromatic rings. The molecule has 0 heterocycles. The molecule has 0 saturated carbocycles. The van der Waals surface area contributed by atoms with Crippen LogP contribution in [0.1, 0.15) is 31.1 Å². The number of carbonyl (C=O) groups excluding carboxylic acids is 1. The first-order chi connectivity index (χ1) is 10.3. The van der Waals surface area contributed by atoms with E-state index >= 15 is 0 Å². The summed E-state index contributed by atoms with van der Waals surface area (Å²) in [5.41, 5.74) is 0.436. The maximum Gasteiger partial charge on any atom is 0.251 e. The average Bonchev–Trinajstić information content (AvgIpc) is 2.50. The zero-order valence-corrected chi connectivity index (χ0v) is 14.3. The van der Waals surface area contributed by atoms with Crippen molar-refractivity contribution in [3.63, 3.8) is 0 Å². The molecule has 0 aliphatic carbocycles. The van der Waals surface area contributed by atoms with Crippen LogP contribution in [-0.2, 0) is 10.0 Å². The van der Waals surface area contributed by atoms with Gasteiger partial charge in [0.25, 0.3) is 5.91 Å². The molecule has 1 rings (SSSR count). The minimum Gasteiger partial charge on any atom is -0.350 e. The Hall–Kier alpha value is -1.44. The van der Waals surface area contributed by atoms with E-state index in [1.807, 2.05) is 27.8 Å². The van der Waals surface area contributed by atoms with Gasteiger partial charge in [-0.15, -0.1) is 0 Å². The number of rotatable bonds is 8. The van der Waals surface area contributed by atoms with Crippen LogP contribution in [0.15, 0.2) is 29.2 Å². The zero-order chi connectivity index (χ0) is 16.8. The molecule has 6 nitrogen and oxygen atoms in total. The Morgan fingerprint density at radius 1 is 1.09 bits per heavy atom. The van der Waals surface area contributed by atoms with Crippen LogP contribution < -0.4 is 15.4 Å². The highest BCUT2D eigenvalue weighted by molar-refractivity contribution is 7.89. The highest BCUT2D eigenvalue weighted by Gasteiger charge is 2.15. The van der Waals surface area contributed by atoms with Gasteiger partial charge in [0.15, 0.2) is 0 Å². The standard InChI is InChI=1S/C15H25N3O3S/c1-11(2)9-18-22(20,21)14-7-5-13(6-8-14)15(19)17-10-12(3)16-4/h5-8,11-12,16,18H,9-10H2,1-4H3,(H,17,19). The summed E-state index contributed by atoms with van der Waals surface area (Å²) in [7, 11) is -1.70. The molecule has 0 aliphatic rings. The summed E-state index contributed by atoms with van der Waals surface area (Å²) in [6.07, 6.45) is 0. The second-order valence-electron chi connectivity index (χ2n) is 5.67. The van der Waals surface area contributed by atoms with Crippen molar-refractivity contribution in [2.24, 2.45) is 5.92 Å². The molecule has 0 bridgehead atoms. The van der Waals surface area contributed by atoms with Crippen molar-refractivity contribution in [2.75, 3.05) is 20.1 Å². The average molecular weight is 327 g/mol. The SMILES string of the molecule is CNC(C)CNC(=O)c1ccc(S(=O)(=O)NCC(C)C)cc1. The summed E-state index contributed by atoms with van der Waals surface area (Å²) in [6, 6.07) is 6.09. The quantitative estimate of drug-likeness (QED) is 0.664. The van der Waals surface area contributed by atoms with Gasteiger partial charge in [0.05, 0.1) is 4.90 Å². The minimum absolute atomic E-state index is 0.160. The van der Waals surface area contributed by atoms with Crippen LogP contribution in [0.5, 0.6) is 0 Å². The maximum absolute atomic E-state index is 12.1. The van der Waals surface area contributed by atoms with E-state index in [4.69, 9.17) is 0 Å². The predicted molar refractivity (Wildman–Crippen MR) is 87.3 cm³/mol. The van der Waals surface area contributed by atoms with Crippen LogP contribution in [0.25, 0.3) is 0 Å². The van der Waals surface area contributed by atoms with Gasteiger partial charge in [-0.05, 0) is 44.2 Å². The topological polar surface area (TPSA) is 87.3 Å². The van der Waals surface area contributed by atoms with Crippen molar-refractivity contribution in [1.82, 2.24) is 15.4 Å². The van der Waals surface area contributed by atoms with E-state index in [1.165, 1.54) is 24.3 Å². The second kappa shape index (κ2) is 8.26. The first kappa shape index (κ1) is 18.6. The summed E-state index contributed by atoms with van der Waals surface area (Å²) < 4.78 is 26.6. The molecule has 124 valence electrons. The molecule has 22 heavy (non-hydrogen) atoms. The van der Waals surface area contributed by atoms with Gasteiger partial charge < -0.3 is 10.6 Å². The molecule has 1 amide bonds. The van der Waals surface area contributed by atoms with Gasteiger partial charge in [-0.2, -0.15) is 0 Å². The monoisotopic (exact) mass is 327 g/mol. The van der Waals surface area contributed by atoms with Crippen molar-refractivity contribution >= 4 is 15.9 Å². The third-order valence-corrected chi connectivity index (χ3v) is 4.61. The normalized spacial score (nSPS) is 13.1. The smallest absolute Gasteiger partial charge is 0.251 e. The minimum atomic E-state index is -3.52. The number of hydrogen-bond acceptors (Lipinski definition) is 4. The molecule has 3 N–H and O–H groups in total. The molecule has 0 saturated heterocycles. The molecule has 0 radical (unpaired) electrons. The van der Waals surface area contributed by atoms with Crippen LogP contribution in [0, 0.1) is 5.92 Å². The zero-order valence-electron chi connectivity index (χ0n) is 13.5. The van der Waals surface area contributed by atoms with E-state index in [1.54, 1.807) is 0 Å². The van der Waals surface area contributed by atoms with E-state index in [9.17, 15) is 13.2 Å². The van der Waals surface area contributed by atoms with Gasteiger partial charge in [-0.25, -0.2) is 13.1 Å². The van der Waals surface area contributed by atoms with Gasteiger partial charge >= 0.3 is 0 Å². The molecule has 0 fully saturated rings. The largest absolute Gasteiger partial charge is 0.350 e. The fourth-order valence-corrected chi connectivity index (χ4v) is 2.81. The van der Waals surface area contributed by atoms with Crippen LogP contribution in [0.4, 0.5) is 0 Å². The van der Waals surface area contributed by atoms with E-state index in [-0.39, 0.29) is 22.8 Å². The molecule has 7 heteroatoms. The summed E-state index contributed by atoms with van der Waals surface area (Å²) in [4.78, 5) is 12.1. The number of nitrogens with one attached hydrogen (secondary N) is 3. The Bertz CT molecular complexity index is 583. The molecule has 0 spiro atoms. The number of amides is 1. The maximum atomic E-state index is 12.1. The van der Waals surface area contributed by atoms with Gasteiger partial charge in [0.2, 0.25) is 10.0 Å². The van der Waals surface area contributed by atoms with Crippen molar-refractivity contribution in [2.45, 2.75) is 31.7 Å². The third-order valence-electron chi connectivity index (χ3n) is 3.17. The van der Waals surface area contributed by atoms with Crippen LogP contribution in [-0.4, -0.2) is 40.5 Å². The molecular formula is C15H25N3O3S. The number of likely N-dealkylation sites (N-methyl/N-ethyl adjacent to an activating group) is 1. The van der Waals surface area contributed by atoms with Gasteiger partial charge in [0, 0.05) is 24.7 Å². The molecule has 1 aromatic carbocycles.